The van der Waals surface area contributed by atoms with Gasteiger partial charge in [-0.05, 0) is 0 Å². The van der Waals surface area contributed by atoms with Gasteiger partial charge in [0.05, 0.1) is 0 Å². The largest absolute Gasteiger partial charge is 2.00 e. The van der Waals surface area contributed by atoms with Gasteiger partial charge in [-0.3, -0.25) is 0 Å². The first-order valence-corrected chi connectivity index (χ1v) is 8.30. The van der Waals surface area contributed by atoms with Crippen molar-refractivity contribution in [1.82, 2.24) is 0 Å². The number of fused-ring (bicyclic) bond motifs is 3. The molecule has 0 fully saturated rings. The van der Waals surface area contributed by atoms with E-state index in [0.717, 1.165) is 0 Å². The minimum Gasteiger partial charge on any atom is -1.00 e. The van der Waals surface area contributed by atoms with Gasteiger partial charge in [-0.25, -0.2) is 0 Å². The van der Waals surface area contributed by atoms with Crippen LogP contribution in [-0.2, 0) is 26.2 Å². The van der Waals surface area contributed by atoms with Crippen LogP contribution in [0.3, 0.4) is 0 Å². The molecular weight excluding hydrogens is 462 g/mol. The van der Waals surface area contributed by atoms with Gasteiger partial charge in [0.15, 0.2) is 0 Å². The Balaban J connectivity index is 0.000000417. The van der Waals surface area contributed by atoms with Crippen LogP contribution in [-0.4, -0.2) is 0 Å². The third-order valence-electron chi connectivity index (χ3n) is 3.74. The molecule has 0 aliphatic heterocycles. The van der Waals surface area contributed by atoms with Crippen LogP contribution in [0.4, 0.5) is 0 Å². The third kappa shape index (κ3) is 8.07. The standard InChI is InChI=1S/C13H9.2C6H5.2ClH.Zr/c1-3-7-12-10(5-1)9-11-6-2-4-8-13(11)12;2*1-2-4-6-5-3-1;;;/h1-9H;2*1-5H;2*1H;/q3*-1;;;+2/p-2. The predicted octanol–water partition coefficient (Wildman–Crippen LogP) is 0.691. The second-order valence-corrected chi connectivity index (χ2v) is 5.47. The van der Waals surface area contributed by atoms with Gasteiger partial charge in [0.2, 0.25) is 0 Å². The van der Waals surface area contributed by atoms with E-state index in [-0.39, 0.29) is 51.0 Å². The fraction of sp³-hybridized carbons (Fsp3) is 0. The summed E-state index contributed by atoms with van der Waals surface area (Å²) < 4.78 is 0. The van der Waals surface area contributed by atoms with Crippen molar-refractivity contribution < 1.29 is 51.0 Å². The molecule has 5 rings (SSSR count). The molecule has 0 saturated carbocycles. The van der Waals surface area contributed by atoms with E-state index in [1.54, 1.807) is 0 Å². The van der Waals surface area contributed by atoms with Crippen molar-refractivity contribution in [3.8, 4) is 0 Å². The summed E-state index contributed by atoms with van der Waals surface area (Å²) in [7, 11) is 0. The van der Waals surface area contributed by atoms with Crippen LogP contribution in [0.5, 0.6) is 0 Å². The molecule has 0 aromatic heterocycles. The Bertz CT molecular complexity index is 861. The van der Waals surface area contributed by atoms with Crippen molar-refractivity contribution in [2.75, 3.05) is 0 Å². The van der Waals surface area contributed by atoms with Gasteiger partial charge >= 0.3 is 26.2 Å². The zero-order valence-corrected chi connectivity index (χ0v) is 19.2. The Kier molecular flexibility index (Phi) is 14.2. The summed E-state index contributed by atoms with van der Waals surface area (Å²) in [5, 5.41) is 5.39. The van der Waals surface area contributed by atoms with Gasteiger partial charge in [0.25, 0.3) is 0 Å². The van der Waals surface area contributed by atoms with Gasteiger partial charge < -0.3 is 24.8 Å². The number of hydrogen-bond acceptors (Lipinski definition) is 0. The van der Waals surface area contributed by atoms with E-state index < -0.39 is 0 Å². The van der Waals surface area contributed by atoms with Crippen LogP contribution >= 0.6 is 0 Å². The molecule has 0 atom stereocenters. The van der Waals surface area contributed by atoms with Crippen LogP contribution in [0.25, 0.3) is 21.5 Å². The summed E-state index contributed by atoms with van der Waals surface area (Å²) in [4.78, 5) is 0. The summed E-state index contributed by atoms with van der Waals surface area (Å²) in [5.41, 5.74) is 0. The maximum Gasteiger partial charge on any atom is 2.00 e. The van der Waals surface area contributed by atoms with E-state index >= 15 is 0 Å². The Labute approximate surface area is 198 Å². The monoisotopic (exact) mass is 479 g/mol. The maximum atomic E-state index is 2.89. The molecule has 0 amide bonds. The molecular formula is C25H19Cl2Zr-3. The molecule has 0 heterocycles. The summed E-state index contributed by atoms with van der Waals surface area (Å²) in [5.74, 6) is 0. The Morgan fingerprint density at radius 3 is 1.11 bits per heavy atom. The summed E-state index contributed by atoms with van der Waals surface area (Å²) in [6.45, 7) is 0. The fourth-order valence-corrected chi connectivity index (χ4v) is 2.59. The van der Waals surface area contributed by atoms with Crippen LogP contribution < -0.4 is 24.8 Å². The molecule has 5 aromatic carbocycles. The second kappa shape index (κ2) is 15.2. The average Bonchev–Trinajstić information content (AvgIpc) is 3.10. The predicted molar refractivity (Wildman–Crippen MR) is 108 cm³/mol. The summed E-state index contributed by atoms with van der Waals surface area (Å²) >= 11 is 0. The zero-order chi connectivity index (χ0) is 17.2. The first-order valence-electron chi connectivity index (χ1n) is 8.30. The van der Waals surface area contributed by atoms with Gasteiger partial charge in [0, 0.05) is 0 Å². The fourth-order valence-electron chi connectivity index (χ4n) is 2.59. The Morgan fingerprint density at radius 1 is 0.464 bits per heavy atom. The van der Waals surface area contributed by atoms with Crippen LogP contribution in [0.1, 0.15) is 0 Å². The number of rotatable bonds is 0. The van der Waals surface area contributed by atoms with Gasteiger partial charge in [-0.15, -0.1) is 39.7 Å². The number of halogens is 2. The molecule has 28 heavy (non-hydrogen) atoms. The van der Waals surface area contributed by atoms with E-state index in [4.69, 9.17) is 0 Å². The van der Waals surface area contributed by atoms with Crippen molar-refractivity contribution in [2.45, 2.75) is 0 Å². The smallest absolute Gasteiger partial charge is 1.00 e. The molecule has 0 aliphatic carbocycles. The van der Waals surface area contributed by atoms with Crippen molar-refractivity contribution in [3.63, 3.8) is 0 Å². The van der Waals surface area contributed by atoms with E-state index in [1.165, 1.54) is 21.5 Å². The average molecular weight is 482 g/mol. The van der Waals surface area contributed by atoms with Crippen LogP contribution in [0, 0.1) is 12.1 Å². The van der Waals surface area contributed by atoms with E-state index in [9.17, 15) is 0 Å². The van der Waals surface area contributed by atoms with Gasteiger partial charge in [-0.2, -0.15) is 72.8 Å². The molecule has 3 heteroatoms. The van der Waals surface area contributed by atoms with Crippen molar-refractivity contribution in [3.05, 3.63) is 127 Å². The maximum absolute atomic E-state index is 2.89. The van der Waals surface area contributed by atoms with Crippen LogP contribution in [0.2, 0.25) is 0 Å². The summed E-state index contributed by atoms with van der Waals surface area (Å²) in [6.07, 6.45) is 0. The number of benzene rings is 4. The normalized spacial score (nSPS) is 8.57. The van der Waals surface area contributed by atoms with Crippen molar-refractivity contribution >= 4 is 21.5 Å². The quantitative estimate of drug-likeness (QED) is 0.286. The third-order valence-corrected chi connectivity index (χ3v) is 3.74. The second-order valence-electron chi connectivity index (χ2n) is 5.47. The minimum atomic E-state index is 0. The Hall–Kier alpha value is -1.79. The van der Waals surface area contributed by atoms with E-state index in [1.807, 2.05) is 60.7 Å². The molecule has 140 valence electrons. The van der Waals surface area contributed by atoms with E-state index in [0.29, 0.717) is 0 Å². The van der Waals surface area contributed by atoms with Crippen LogP contribution in [0.15, 0.2) is 115 Å². The minimum absolute atomic E-state index is 0. The molecule has 0 aliphatic rings. The molecule has 5 aromatic rings. The first kappa shape index (κ1) is 26.2. The zero-order valence-electron chi connectivity index (χ0n) is 15.2. The molecule has 0 spiro atoms. The molecule has 0 radical (unpaired) electrons. The first-order chi connectivity index (χ1) is 12.4. The number of hydrogen-bond donors (Lipinski definition) is 0. The van der Waals surface area contributed by atoms with Gasteiger partial charge in [-0.1, -0.05) is 36.4 Å². The molecule has 0 N–H and O–H groups in total. The molecule has 0 saturated heterocycles. The van der Waals surface area contributed by atoms with Crippen molar-refractivity contribution in [2.24, 2.45) is 0 Å². The van der Waals surface area contributed by atoms with E-state index in [2.05, 4.69) is 66.7 Å². The molecule has 0 unspecified atom stereocenters. The summed E-state index contributed by atoms with van der Waals surface area (Å²) in [6, 6.07) is 44.3. The Morgan fingerprint density at radius 2 is 0.821 bits per heavy atom. The molecule has 0 nitrogen and oxygen atoms in total. The molecule has 0 bridgehead atoms. The SMILES string of the molecule is [Cl-].[Cl-].[Zr+2].[c-]1ccccc1.[c-]1ccccc1.c1ccc2c(c1)[cH-]c1ccccc12. The van der Waals surface area contributed by atoms with Gasteiger partial charge in [0.1, 0.15) is 0 Å². The topological polar surface area (TPSA) is 0 Å². The van der Waals surface area contributed by atoms with Crippen molar-refractivity contribution in [1.29, 1.82) is 0 Å².